The quantitative estimate of drug-likeness (QED) is 0.759. The Balaban J connectivity index is 2.11. The van der Waals surface area contributed by atoms with Crippen LogP contribution in [0.5, 0.6) is 5.75 Å². The van der Waals surface area contributed by atoms with Crippen molar-refractivity contribution in [1.82, 2.24) is 9.80 Å². The first-order valence-corrected chi connectivity index (χ1v) is 7.30. The minimum Gasteiger partial charge on any atom is -0.497 e. The molecule has 1 aromatic carbocycles. The molecule has 1 aliphatic rings. The van der Waals surface area contributed by atoms with E-state index in [-0.39, 0.29) is 5.54 Å². The lowest BCUT2D eigenvalue weighted by Crippen LogP contribution is -2.57. The van der Waals surface area contributed by atoms with Gasteiger partial charge in [-0.2, -0.15) is 0 Å². The molecule has 0 aromatic heterocycles. The van der Waals surface area contributed by atoms with Gasteiger partial charge in [-0.05, 0) is 32.5 Å². The third-order valence-corrected chi connectivity index (χ3v) is 4.37. The smallest absolute Gasteiger partial charge is 0.492 e. The van der Waals surface area contributed by atoms with Gasteiger partial charge in [0.05, 0.1) is 7.11 Å². The van der Waals surface area contributed by atoms with Gasteiger partial charge in [-0.1, -0.05) is 12.1 Å². The fourth-order valence-corrected chi connectivity index (χ4v) is 2.82. The van der Waals surface area contributed by atoms with Crippen molar-refractivity contribution in [3.05, 3.63) is 23.8 Å². The molecule has 0 amide bonds. The van der Waals surface area contributed by atoms with Crippen LogP contribution < -0.4 is 10.2 Å². The molecule has 6 heteroatoms. The molecule has 0 saturated carbocycles. The van der Waals surface area contributed by atoms with Crippen LogP contribution in [0, 0.1) is 0 Å². The number of nitrogens with zero attached hydrogens (tertiary/aromatic N) is 2. The summed E-state index contributed by atoms with van der Waals surface area (Å²) in [5.41, 5.74) is 1.65. The van der Waals surface area contributed by atoms with E-state index in [9.17, 15) is 10.0 Å². The molecule has 5 nitrogen and oxygen atoms in total. The van der Waals surface area contributed by atoms with E-state index in [1.807, 2.05) is 12.1 Å². The Kier molecular flexibility index (Phi) is 4.93. The van der Waals surface area contributed by atoms with Crippen molar-refractivity contribution in [2.75, 3.05) is 33.8 Å². The molecular weight excluding hydrogens is 267 g/mol. The van der Waals surface area contributed by atoms with Crippen molar-refractivity contribution in [1.29, 1.82) is 0 Å². The number of piperazine rings is 1. The van der Waals surface area contributed by atoms with Crippen molar-refractivity contribution >= 4 is 12.6 Å². The molecule has 0 unspecified atom stereocenters. The number of methoxy groups -OCH3 is 1. The van der Waals surface area contributed by atoms with Crippen LogP contribution in [0.25, 0.3) is 0 Å². The van der Waals surface area contributed by atoms with Gasteiger partial charge in [0.25, 0.3) is 0 Å². The Morgan fingerprint density at radius 3 is 2.57 bits per heavy atom. The molecule has 2 N–H and O–H groups in total. The van der Waals surface area contributed by atoms with Crippen molar-refractivity contribution in [2.45, 2.75) is 25.9 Å². The third-order valence-electron chi connectivity index (χ3n) is 4.37. The molecule has 21 heavy (non-hydrogen) atoms. The lowest BCUT2D eigenvalue weighted by molar-refractivity contribution is 0.0360. The molecule has 1 heterocycles. The third kappa shape index (κ3) is 3.77. The zero-order valence-electron chi connectivity index (χ0n) is 13.3. The highest BCUT2D eigenvalue weighted by Crippen LogP contribution is 2.21. The van der Waals surface area contributed by atoms with Crippen LogP contribution in [0.3, 0.4) is 0 Å². The number of rotatable bonds is 4. The number of ether oxygens (including phenoxy) is 1. The van der Waals surface area contributed by atoms with Crippen LogP contribution in [0.1, 0.15) is 19.4 Å². The van der Waals surface area contributed by atoms with Crippen molar-refractivity contribution < 1.29 is 14.8 Å². The van der Waals surface area contributed by atoms with Crippen molar-refractivity contribution in [2.24, 2.45) is 0 Å². The fourth-order valence-electron chi connectivity index (χ4n) is 2.82. The zero-order chi connectivity index (χ0) is 15.6. The Morgan fingerprint density at radius 1 is 1.29 bits per heavy atom. The van der Waals surface area contributed by atoms with E-state index in [1.54, 1.807) is 6.07 Å². The summed E-state index contributed by atoms with van der Waals surface area (Å²) in [6.07, 6.45) is 0. The van der Waals surface area contributed by atoms with Crippen LogP contribution in [-0.2, 0) is 6.54 Å². The minimum atomic E-state index is -1.51. The maximum atomic E-state index is 9.44. The number of benzene rings is 1. The molecule has 1 saturated heterocycles. The first-order valence-electron chi connectivity index (χ1n) is 7.30. The fraction of sp³-hybridized carbons (Fsp3) is 0.600. The molecule has 1 aromatic rings. The topological polar surface area (TPSA) is 56.2 Å². The first-order chi connectivity index (χ1) is 9.83. The molecule has 0 spiro atoms. The normalized spacial score (nSPS) is 19.5. The monoisotopic (exact) mass is 292 g/mol. The Bertz CT molecular complexity index is 494. The first kappa shape index (κ1) is 16.3. The maximum Gasteiger partial charge on any atom is 0.492 e. The minimum absolute atomic E-state index is 0.157. The molecule has 0 atom stereocenters. The molecule has 2 rings (SSSR count). The molecule has 0 radical (unpaired) electrons. The number of likely N-dealkylation sites (N-methyl/N-ethyl adjacent to an activating group) is 1. The zero-order valence-corrected chi connectivity index (χ0v) is 13.3. The second-order valence-electron chi connectivity index (χ2n) is 6.39. The van der Waals surface area contributed by atoms with E-state index in [4.69, 9.17) is 4.74 Å². The molecule has 1 fully saturated rings. The van der Waals surface area contributed by atoms with Crippen LogP contribution in [0.15, 0.2) is 18.2 Å². The Morgan fingerprint density at radius 2 is 2.00 bits per heavy atom. The summed E-state index contributed by atoms with van der Waals surface area (Å²) in [5, 5.41) is 18.9. The summed E-state index contributed by atoms with van der Waals surface area (Å²) in [6, 6.07) is 5.59. The van der Waals surface area contributed by atoms with Gasteiger partial charge in [0, 0.05) is 37.2 Å². The van der Waals surface area contributed by atoms with E-state index in [0.29, 0.717) is 11.2 Å². The van der Waals surface area contributed by atoms with Gasteiger partial charge < -0.3 is 14.8 Å². The van der Waals surface area contributed by atoms with Gasteiger partial charge in [0.15, 0.2) is 0 Å². The lowest BCUT2D eigenvalue weighted by Gasteiger charge is -2.45. The van der Waals surface area contributed by atoms with Gasteiger partial charge >= 0.3 is 7.12 Å². The number of hydrogen-bond acceptors (Lipinski definition) is 5. The summed E-state index contributed by atoms with van der Waals surface area (Å²) in [6.45, 7) is 8.35. The predicted molar refractivity (Wildman–Crippen MR) is 84.8 cm³/mol. The van der Waals surface area contributed by atoms with Gasteiger partial charge in [-0.15, -0.1) is 0 Å². The van der Waals surface area contributed by atoms with E-state index < -0.39 is 7.12 Å². The van der Waals surface area contributed by atoms with E-state index in [1.165, 1.54) is 7.11 Å². The van der Waals surface area contributed by atoms with Crippen molar-refractivity contribution in [3.8, 4) is 5.75 Å². The highest BCUT2D eigenvalue weighted by Gasteiger charge is 2.31. The van der Waals surface area contributed by atoms with E-state index in [0.717, 1.165) is 31.7 Å². The van der Waals surface area contributed by atoms with Crippen LogP contribution >= 0.6 is 0 Å². The van der Waals surface area contributed by atoms with Gasteiger partial charge in [-0.3, -0.25) is 9.80 Å². The molecule has 1 aliphatic heterocycles. The summed E-state index contributed by atoms with van der Waals surface area (Å²) >= 11 is 0. The molecule has 116 valence electrons. The summed E-state index contributed by atoms with van der Waals surface area (Å²) in [7, 11) is 2.18. The average Bonchev–Trinajstić information content (AvgIpc) is 2.42. The Labute approximate surface area is 127 Å². The SMILES string of the molecule is COc1ccc(CN2CCN(C)C(C)(C)C2)cc1B(O)O. The second-order valence-corrected chi connectivity index (χ2v) is 6.39. The largest absolute Gasteiger partial charge is 0.497 e. The number of hydrogen-bond donors (Lipinski definition) is 2. The van der Waals surface area contributed by atoms with Crippen LogP contribution in [-0.4, -0.2) is 66.3 Å². The maximum absolute atomic E-state index is 9.44. The van der Waals surface area contributed by atoms with Gasteiger partial charge in [0.2, 0.25) is 0 Å². The van der Waals surface area contributed by atoms with E-state index >= 15 is 0 Å². The molecule has 0 bridgehead atoms. The Hall–Kier alpha value is -1.08. The predicted octanol–water partition coefficient (Wildman–Crippen LogP) is -0.0990. The molecule has 0 aliphatic carbocycles. The highest BCUT2D eigenvalue weighted by atomic mass is 16.5. The highest BCUT2D eigenvalue weighted by molar-refractivity contribution is 6.59. The van der Waals surface area contributed by atoms with Crippen LogP contribution in [0.4, 0.5) is 0 Å². The lowest BCUT2D eigenvalue weighted by atomic mass is 9.78. The van der Waals surface area contributed by atoms with Gasteiger partial charge in [0.1, 0.15) is 5.75 Å². The van der Waals surface area contributed by atoms with Crippen molar-refractivity contribution in [3.63, 3.8) is 0 Å². The summed E-state index contributed by atoms with van der Waals surface area (Å²) in [4.78, 5) is 4.77. The van der Waals surface area contributed by atoms with E-state index in [2.05, 4.69) is 30.7 Å². The summed E-state index contributed by atoms with van der Waals surface area (Å²) in [5.74, 6) is 0.507. The van der Waals surface area contributed by atoms with Gasteiger partial charge in [-0.25, -0.2) is 0 Å². The average molecular weight is 292 g/mol. The summed E-state index contributed by atoms with van der Waals surface area (Å²) < 4.78 is 5.16. The standard InChI is InChI=1S/C15H25BN2O3/c1-15(2)11-18(8-7-17(15)3)10-12-5-6-14(21-4)13(9-12)16(19)20/h5-6,9,19-20H,7-8,10-11H2,1-4H3. The van der Waals surface area contributed by atoms with Crippen LogP contribution in [0.2, 0.25) is 0 Å². The second kappa shape index (κ2) is 6.36. The molecular formula is C15H25BN2O3.